The molecule has 4 rings (SSSR count). The Kier molecular flexibility index (Phi) is 4.54. The number of nitrogens with zero attached hydrogens (tertiary/aromatic N) is 4. The summed E-state index contributed by atoms with van der Waals surface area (Å²) >= 11 is 12.3. The predicted molar refractivity (Wildman–Crippen MR) is 99.4 cm³/mol. The summed E-state index contributed by atoms with van der Waals surface area (Å²) in [4.78, 5) is 20.9. The van der Waals surface area contributed by atoms with Gasteiger partial charge in [-0.2, -0.15) is 4.98 Å². The number of hydrogen-bond acceptors (Lipinski definition) is 4. The van der Waals surface area contributed by atoms with Crippen LogP contribution in [0.5, 0.6) is 0 Å². The van der Waals surface area contributed by atoms with Crippen LogP contribution in [0.1, 0.15) is 30.7 Å². The van der Waals surface area contributed by atoms with Crippen molar-refractivity contribution in [2.75, 3.05) is 0 Å². The number of carbonyl (C=O) groups excluding carboxylic acids is 1. The molecule has 1 fully saturated rings. The van der Waals surface area contributed by atoms with E-state index in [9.17, 15) is 4.79 Å². The third kappa shape index (κ3) is 3.52. The van der Waals surface area contributed by atoms with Crippen LogP contribution in [-0.2, 0) is 17.6 Å². The largest absolute Gasteiger partial charge is 0.350 e. The van der Waals surface area contributed by atoms with Gasteiger partial charge in [0, 0.05) is 28.0 Å². The molecule has 0 unspecified atom stereocenters. The van der Waals surface area contributed by atoms with Gasteiger partial charge in [-0.05, 0) is 49.4 Å². The lowest BCUT2D eigenvalue weighted by Gasteiger charge is -2.43. The maximum absolute atomic E-state index is 12.6. The van der Waals surface area contributed by atoms with Crippen molar-refractivity contribution in [3.8, 4) is 0 Å². The van der Waals surface area contributed by atoms with Crippen molar-refractivity contribution in [1.82, 2.24) is 24.9 Å². The summed E-state index contributed by atoms with van der Waals surface area (Å²) in [5, 5.41) is 8.69. The molecular weight excluding hydrogens is 373 g/mol. The summed E-state index contributed by atoms with van der Waals surface area (Å²) in [5.74, 6) is 0.854. The minimum atomic E-state index is -0.258. The van der Waals surface area contributed by atoms with Crippen molar-refractivity contribution in [2.45, 2.75) is 37.6 Å². The van der Waals surface area contributed by atoms with Gasteiger partial charge in [-0.3, -0.25) is 4.79 Å². The van der Waals surface area contributed by atoms with Gasteiger partial charge in [0.1, 0.15) is 0 Å². The molecule has 1 aliphatic rings. The topological polar surface area (TPSA) is 72.2 Å². The van der Waals surface area contributed by atoms with Crippen molar-refractivity contribution >= 4 is 34.9 Å². The summed E-state index contributed by atoms with van der Waals surface area (Å²) in [5.41, 5.74) is 0.734. The van der Waals surface area contributed by atoms with Gasteiger partial charge in [-0.15, -0.1) is 5.10 Å². The molecule has 1 amide bonds. The number of benzene rings is 1. The fourth-order valence-corrected chi connectivity index (χ4v) is 3.79. The molecule has 0 atom stereocenters. The van der Waals surface area contributed by atoms with Gasteiger partial charge < -0.3 is 5.32 Å². The molecule has 8 heteroatoms. The molecule has 1 saturated carbocycles. The summed E-state index contributed by atoms with van der Waals surface area (Å²) in [6, 6.07) is 7.25. The molecule has 3 aromatic rings. The van der Waals surface area contributed by atoms with E-state index in [1.165, 1.54) is 0 Å². The van der Waals surface area contributed by atoms with E-state index < -0.39 is 0 Å². The van der Waals surface area contributed by atoms with Crippen molar-refractivity contribution in [2.24, 2.45) is 0 Å². The van der Waals surface area contributed by atoms with Crippen molar-refractivity contribution in [1.29, 1.82) is 0 Å². The molecule has 0 bridgehead atoms. The SMILES string of the molecule is O=C(Cc1nc2ncccn2n1)NC1(Cc2ccc(Cl)cc2Cl)CCC1. The first-order chi connectivity index (χ1) is 12.5. The second-order valence-electron chi connectivity index (χ2n) is 6.66. The van der Waals surface area contributed by atoms with Crippen LogP contribution in [-0.4, -0.2) is 31.0 Å². The average Bonchev–Trinajstić information content (AvgIpc) is 2.97. The van der Waals surface area contributed by atoms with Crippen molar-refractivity contribution in [3.63, 3.8) is 0 Å². The van der Waals surface area contributed by atoms with Gasteiger partial charge in [0.25, 0.3) is 5.78 Å². The Morgan fingerprint density at radius 2 is 2.15 bits per heavy atom. The maximum Gasteiger partial charge on any atom is 0.252 e. The van der Waals surface area contributed by atoms with Crippen LogP contribution < -0.4 is 5.32 Å². The quantitative estimate of drug-likeness (QED) is 0.726. The molecule has 0 aliphatic heterocycles. The zero-order chi connectivity index (χ0) is 18.1. The minimum Gasteiger partial charge on any atom is -0.350 e. The van der Waals surface area contributed by atoms with E-state index in [0.29, 0.717) is 28.1 Å². The van der Waals surface area contributed by atoms with E-state index in [2.05, 4.69) is 20.4 Å². The maximum atomic E-state index is 12.6. The molecular formula is C18H17Cl2N5O. The van der Waals surface area contributed by atoms with Gasteiger partial charge in [-0.1, -0.05) is 29.3 Å². The fourth-order valence-electron chi connectivity index (χ4n) is 3.31. The Hall–Kier alpha value is -2.18. The van der Waals surface area contributed by atoms with Gasteiger partial charge >= 0.3 is 0 Å². The van der Waals surface area contributed by atoms with Crippen LogP contribution in [0.3, 0.4) is 0 Å². The van der Waals surface area contributed by atoms with Gasteiger partial charge in [0.2, 0.25) is 5.91 Å². The molecule has 134 valence electrons. The molecule has 26 heavy (non-hydrogen) atoms. The fraction of sp³-hybridized carbons (Fsp3) is 0.333. The van der Waals surface area contributed by atoms with Gasteiger partial charge in [0.15, 0.2) is 5.82 Å². The van der Waals surface area contributed by atoms with Crippen molar-refractivity contribution in [3.05, 3.63) is 58.1 Å². The first kappa shape index (κ1) is 17.2. The van der Waals surface area contributed by atoms with E-state index in [1.54, 1.807) is 29.0 Å². The number of fused-ring (bicyclic) bond motifs is 1. The monoisotopic (exact) mass is 389 g/mol. The lowest BCUT2D eigenvalue weighted by Crippen LogP contribution is -2.55. The summed E-state index contributed by atoms with van der Waals surface area (Å²) in [6.45, 7) is 0. The highest BCUT2D eigenvalue weighted by Crippen LogP contribution is 2.37. The van der Waals surface area contributed by atoms with Crippen molar-refractivity contribution < 1.29 is 4.79 Å². The van der Waals surface area contributed by atoms with Crippen LogP contribution in [0.4, 0.5) is 0 Å². The Labute approximate surface area is 160 Å². The molecule has 1 N–H and O–H groups in total. The Balaban J connectivity index is 1.46. The number of rotatable bonds is 5. The summed E-state index contributed by atoms with van der Waals surface area (Å²) in [7, 11) is 0. The number of amides is 1. The second-order valence-corrected chi connectivity index (χ2v) is 7.51. The highest BCUT2D eigenvalue weighted by Gasteiger charge is 2.39. The van der Waals surface area contributed by atoms with Gasteiger partial charge in [-0.25, -0.2) is 9.50 Å². The smallest absolute Gasteiger partial charge is 0.252 e. The molecule has 0 saturated heterocycles. The average molecular weight is 390 g/mol. The molecule has 1 aliphatic carbocycles. The molecule has 0 spiro atoms. The lowest BCUT2D eigenvalue weighted by molar-refractivity contribution is -0.123. The first-order valence-corrected chi connectivity index (χ1v) is 9.20. The number of carbonyl (C=O) groups is 1. The molecule has 2 heterocycles. The predicted octanol–water partition coefficient (Wildman–Crippen LogP) is 3.26. The highest BCUT2D eigenvalue weighted by atomic mass is 35.5. The van der Waals surface area contributed by atoms with Crippen LogP contribution >= 0.6 is 23.2 Å². The standard InChI is InChI=1S/C18H17Cl2N5O/c19-13-4-3-12(14(20)9-13)11-18(5-1-6-18)23-16(26)10-15-22-17-21-7-2-8-25(17)24-15/h2-4,7-9H,1,5-6,10-11H2,(H,23,26). The lowest BCUT2D eigenvalue weighted by atomic mass is 9.72. The zero-order valence-electron chi connectivity index (χ0n) is 14.0. The second kappa shape index (κ2) is 6.85. The van der Waals surface area contributed by atoms with Crippen LogP contribution in [0.25, 0.3) is 5.78 Å². The van der Waals surface area contributed by atoms with Crippen LogP contribution in [0.2, 0.25) is 10.0 Å². The van der Waals surface area contributed by atoms with E-state index in [-0.39, 0.29) is 17.9 Å². The molecule has 0 radical (unpaired) electrons. The molecule has 1 aromatic carbocycles. The summed E-state index contributed by atoms with van der Waals surface area (Å²) < 4.78 is 1.56. The number of halogens is 2. The van der Waals surface area contributed by atoms with Gasteiger partial charge in [0.05, 0.1) is 6.42 Å². The third-order valence-corrected chi connectivity index (χ3v) is 5.33. The highest BCUT2D eigenvalue weighted by molar-refractivity contribution is 6.35. The van der Waals surface area contributed by atoms with E-state index in [1.807, 2.05) is 12.1 Å². The van der Waals surface area contributed by atoms with Crippen LogP contribution in [0, 0.1) is 0 Å². The normalized spacial score (nSPS) is 15.6. The zero-order valence-corrected chi connectivity index (χ0v) is 15.5. The van der Waals surface area contributed by atoms with Crippen LogP contribution in [0.15, 0.2) is 36.7 Å². The Morgan fingerprint density at radius 3 is 2.85 bits per heavy atom. The van der Waals surface area contributed by atoms with E-state index >= 15 is 0 Å². The molecule has 2 aromatic heterocycles. The first-order valence-electron chi connectivity index (χ1n) is 8.44. The Morgan fingerprint density at radius 1 is 1.31 bits per heavy atom. The van der Waals surface area contributed by atoms with E-state index in [4.69, 9.17) is 23.2 Å². The number of aromatic nitrogens is 4. The molecule has 6 nitrogen and oxygen atoms in total. The minimum absolute atomic E-state index is 0.0920. The third-order valence-electron chi connectivity index (χ3n) is 4.74. The number of hydrogen-bond donors (Lipinski definition) is 1. The van der Waals surface area contributed by atoms with E-state index in [0.717, 1.165) is 24.8 Å². The summed E-state index contributed by atoms with van der Waals surface area (Å²) in [6.07, 6.45) is 7.16. The number of nitrogens with one attached hydrogen (secondary N) is 1. The Bertz CT molecular complexity index is 934.